The summed E-state index contributed by atoms with van der Waals surface area (Å²) in [5.41, 5.74) is 9.78. The number of piperazine rings is 1. The number of likely N-dealkylation sites (N-methyl/N-ethyl adjacent to an activating group) is 1. The molecule has 1 aliphatic heterocycles. The van der Waals surface area contributed by atoms with Gasteiger partial charge in [0.1, 0.15) is 11.9 Å². The lowest BCUT2D eigenvalue weighted by atomic mass is 10.1. The number of nitrogens with zero attached hydrogens (tertiary/aromatic N) is 8. The number of hydrogen-bond donors (Lipinski definition) is 1. The van der Waals surface area contributed by atoms with Gasteiger partial charge in [-0.25, -0.2) is 14.5 Å². The maximum absolute atomic E-state index is 12.4. The van der Waals surface area contributed by atoms with Crippen molar-refractivity contribution in [3.63, 3.8) is 0 Å². The quantitative estimate of drug-likeness (QED) is 0.404. The van der Waals surface area contributed by atoms with E-state index >= 15 is 0 Å². The summed E-state index contributed by atoms with van der Waals surface area (Å²) >= 11 is 0. The standard InChI is InChI=1S/C27H41N9O2/c1-6-8-22(9-7-2)38-27-31-24(28)26-30-17-21(36(26)32-27)15-20-14-19(3)25(29-16-20)35-12-10-34(11-13-35)23(37)18-33(4)5/h14,16-17,22H,6-13,15,18H2,1-5H3,(H2,28,31,32). The fraction of sp³-hybridized carbons (Fsp3) is 0.593. The number of aryl methyl sites for hydroxylation is 1. The van der Waals surface area contributed by atoms with Crippen LogP contribution in [0.15, 0.2) is 18.5 Å². The number of aromatic nitrogens is 5. The molecule has 1 amide bonds. The molecule has 1 saturated heterocycles. The summed E-state index contributed by atoms with van der Waals surface area (Å²) in [6, 6.07) is 2.44. The molecule has 38 heavy (non-hydrogen) atoms. The molecule has 2 N–H and O–H groups in total. The van der Waals surface area contributed by atoms with Crippen LogP contribution in [0.5, 0.6) is 6.01 Å². The maximum Gasteiger partial charge on any atom is 0.336 e. The number of carbonyl (C=O) groups is 1. The van der Waals surface area contributed by atoms with Crippen LogP contribution in [-0.2, 0) is 11.2 Å². The Morgan fingerprint density at radius 1 is 1.11 bits per heavy atom. The van der Waals surface area contributed by atoms with E-state index in [1.54, 1.807) is 10.7 Å². The second-order valence-corrected chi connectivity index (χ2v) is 10.3. The zero-order chi connectivity index (χ0) is 27.2. The number of anilines is 2. The number of rotatable bonds is 11. The lowest BCUT2D eigenvalue weighted by Crippen LogP contribution is -2.51. The number of nitrogen functional groups attached to an aromatic ring is 1. The molecule has 0 saturated carbocycles. The summed E-state index contributed by atoms with van der Waals surface area (Å²) in [5, 5.41) is 4.63. The third-order valence-corrected chi connectivity index (χ3v) is 6.81. The Labute approximate surface area is 225 Å². The number of carbonyl (C=O) groups excluding carboxylic acids is 1. The maximum atomic E-state index is 12.4. The third-order valence-electron chi connectivity index (χ3n) is 6.81. The normalized spacial score (nSPS) is 14.2. The molecule has 0 aliphatic carbocycles. The summed E-state index contributed by atoms with van der Waals surface area (Å²) in [5.74, 6) is 1.44. The smallest absolute Gasteiger partial charge is 0.336 e. The van der Waals surface area contributed by atoms with Gasteiger partial charge in [0.15, 0.2) is 11.5 Å². The molecule has 4 heterocycles. The van der Waals surface area contributed by atoms with Crippen LogP contribution in [0.2, 0.25) is 0 Å². The van der Waals surface area contributed by atoms with Gasteiger partial charge in [0.05, 0.1) is 18.4 Å². The first-order chi connectivity index (χ1) is 18.3. The zero-order valence-corrected chi connectivity index (χ0v) is 23.4. The lowest BCUT2D eigenvalue weighted by Gasteiger charge is -2.36. The van der Waals surface area contributed by atoms with E-state index in [1.807, 2.05) is 30.1 Å². The topological polar surface area (TPSA) is 118 Å². The van der Waals surface area contributed by atoms with Crippen LogP contribution < -0.4 is 15.4 Å². The van der Waals surface area contributed by atoms with Gasteiger partial charge in [-0.15, -0.1) is 5.10 Å². The fourth-order valence-corrected chi connectivity index (χ4v) is 4.95. The Balaban J connectivity index is 1.46. The van der Waals surface area contributed by atoms with Crippen molar-refractivity contribution >= 4 is 23.2 Å². The lowest BCUT2D eigenvalue weighted by molar-refractivity contribution is -0.132. The van der Waals surface area contributed by atoms with Gasteiger partial charge in [0, 0.05) is 38.8 Å². The van der Waals surface area contributed by atoms with E-state index in [0.29, 0.717) is 37.5 Å². The molecular formula is C27H41N9O2. The number of ether oxygens (including phenoxy) is 1. The van der Waals surface area contributed by atoms with Gasteiger partial charge in [-0.2, -0.15) is 4.98 Å². The fourth-order valence-electron chi connectivity index (χ4n) is 4.95. The van der Waals surface area contributed by atoms with Crippen molar-refractivity contribution in [1.29, 1.82) is 0 Å². The molecule has 0 radical (unpaired) electrons. The zero-order valence-electron chi connectivity index (χ0n) is 23.4. The number of amides is 1. The minimum absolute atomic E-state index is 0.0705. The predicted octanol–water partition coefficient (Wildman–Crippen LogP) is 2.56. The van der Waals surface area contributed by atoms with Crippen LogP contribution in [0.25, 0.3) is 5.65 Å². The minimum Gasteiger partial charge on any atom is -0.459 e. The summed E-state index contributed by atoms with van der Waals surface area (Å²) in [6.45, 7) is 9.78. The van der Waals surface area contributed by atoms with E-state index in [0.717, 1.165) is 61.4 Å². The minimum atomic E-state index is 0.0705. The predicted molar refractivity (Wildman–Crippen MR) is 149 cm³/mol. The Hall–Kier alpha value is -3.47. The van der Waals surface area contributed by atoms with E-state index in [2.05, 4.69) is 46.8 Å². The van der Waals surface area contributed by atoms with Crippen LogP contribution in [-0.4, -0.2) is 93.2 Å². The van der Waals surface area contributed by atoms with Gasteiger partial charge in [-0.1, -0.05) is 32.8 Å². The number of nitrogens with two attached hydrogens (primary N) is 1. The second-order valence-electron chi connectivity index (χ2n) is 10.3. The van der Waals surface area contributed by atoms with E-state index < -0.39 is 0 Å². The Morgan fingerprint density at radius 2 is 1.82 bits per heavy atom. The Kier molecular flexibility index (Phi) is 8.98. The van der Waals surface area contributed by atoms with Crippen LogP contribution >= 0.6 is 0 Å². The third kappa shape index (κ3) is 6.50. The van der Waals surface area contributed by atoms with Gasteiger partial charge < -0.3 is 25.2 Å². The molecule has 3 aromatic heterocycles. The van der Waals surface area contributed by atoms with Crippen molar-refractivity contribution in [1.82, 2.24) is 34.4 Å². The average Bonchev–Trinajstić information content (AvgIpc) is 3.27. The number of imidazole rings is 1. The highest BCUT2D eigenvalue weighted by Crippen LogP contribution is 2.23. The Bertz CT molecular complexity index is 1230. The first-order valence-corrected chi connectivity index (χ1v) is 13.6. The van der Waals surface area contributed by atoms with Crippen molar-refractivity contribution < 1.29 is 9.53 Å². The number of hydrogen-bond acceptors (Lipinski definition) is 9. The Morgan fingerprint density at radius 3 is 2.45 bits per heavy atom. The molecule has 3 aromatic rings. The molecule has 11 nitrogen and oxygen atoms in total. The highest BCUT2D eigenvalue weighted by molar-refractivity contribution is 5.78. The van der Waals surface area contributed by atoms with Gasteiger partial charge in [-0.3, -0.25) is 4.79 Å². The van der Waals surface area contributed by atoms with Gasteiger partial charge in [-0.05, 0) is 45.0 Å². The SMILES string of the molecule is CCCC(CCC)Oc1nc(N)c2ncc(Cc3cnc(N4CCN(C(=O)CN(C)C)CC4)c(C)c3)n2n1. The second kappa shape index (κ2) is 12.4. The molecule has 1 aliphatic rings. The molecule has 0 atom stereocenters. The van der Waals surface area contributed by atoms with E-state index in [9.17, 15) is 4.79 Å². The van der Waals surface area contributed by atoms with Gasteiger partial charge in [0.25, 0.3) is 0 Å². The van der Waals surface area contributed by atoms with Crippen molar-refractivity contribution in [2.75, 3.05) is 57.5 Å². The first-order valence-electron chi connectivity index (χ1n) is 13.6. The number of fused-ring (bicyclic) bond motifs is 1. The summed E-state index contributed by atoms with van der Waals surface area (Å²) in [6.07, 6.45) is 8.33. The van der Waals surface area contributed by atoms with Crippen LogP contribution in [0.4, 0.5) is 11.6 Å². The van der Waals surface area contributed by atoms with Crippen molar-refractivity contribution in [3.8, 4) is 6.01 Å². The van der Waals surface area contributed by atoms with E-state index in [1.165, 1.54) is 0 Å². The average molecular weight is 524 g/mol. The monoisotopic (exact) mass is 523 g/mol. The van der Waals surface area contributed by atoms with Crippen molar-refractivity contribution in [2.45, 2.75) is 59.0 Å². The largest absolute Gasteiger partial charge is 0.459 e. The molecular weight excluding hydrogens is 482 g/mol. The van der Waals surface area contributed by atoms with E-state index in [-0.39, 0.29) is 18.0 Å². The highest BCUT2D eigenvalue weighted by atomic mass is 16.5. The van der Waals surface area contributed by atoms with E-state index in [4.69, 9.17) is 15.5 Å². The van der Waals surface area contributed by atoms with Crippen LogP contribution in [0, 0.1) is 6.92 Å². The van der Waals surface area contributed by atoms with Crippen LogP contribution in [0.3, 0.4) is 0 Å². The van der Waals surface area contributed by atoms with Crippen LogP contribution in [0.1, 0.15) is 56.4 Å². The molecule has 0 bridgehead atoms. The first kappa shape index (κ1) is 27.6. The van der Waals surface area contributed by atoms with Crippen molar-refractivity contribution in [2.24, 2.45) is 0 Å². The molecule has 1 fully saturated rings. The molecule has 11 heteroatoms. The summed E-state index contributed by atoms with van der Waals surface area (Å²) < 4.78 is 7.84. The summed E-state index contributed by atoms with van der Waals surface area (Å²) in [4.78, 5) is 32.1. The molecule has 206 valence electrons. The molecule has 0 aromatic carbocycles. The molecule has 0 unspecified atom stereocenters. The molecule has 4 rings (SSSR count). The van der Waals surface area contributed by atoms with Gasteiger partial charge in [0.2, 0.25) is 5.91 Å². The van der Waals surface area contributed by atoms with Crippen molar-refractivity contribution in [3.05, 3.63) is 35.3 Å². The van der Waals surface area contributed by atoms with Gasteiger partial charge >= 0.3 is 6.01 Å². The number of pyridine rings is 1. The summed E-state index contributed by atoms with van der Waals surface area (Å²) in [7, 11) is 3.84. The highest BCUT2D eigenvalue weighted by Gasteiger charge is 2.23. The molecule has 0 spiro atoms.